The lowest BCUT2D eigenvalue weighted by Gasteiger charge is -2.17. The van der Waals surface area contributed by atoms with Gasteiger partial charge in [0.2, 0.25) is 0 Å². The summed E-state index contributed by atoms with van der Waals surface area (Å²) in [5, 5.41) is 0. The monoisotopic (exact) mass is 200 g/mol. The number of Topliss-reactive ketones (excluding diaryl/α,β-unsaturated/α-hetero) is 1. The summed E-state index contributed by atoms with van der Waals surface area (Å²) in [6.07, 6.45) is 2.91. The smallest absolute Gasteiger partial charge is 0.164 e. The fraction of sp³-hybridized carbons (Fsp3) is 0.909. The summed E-state index contributed by atoms with van der Waals surface area (Å²) in [6.45, 7) is 2.60. The van der Waals surface area contributed by atoms with Gasteiger partial charge < -0.3 is 9.47 Å². The number of ketones is 1. The van der Waals surface area contributed by atoms with Gasteiger partial charge in [-0.3, -0.25) is 4.79 Å². The maximum absolute atomic E-state index is 11.9. The molecule has 0 bridgehead atoms. The van der Waals surface area contributed by atoms with Crippen LogP contribution in [-0.4, -0.2) is 32.7 Å². The lowest BCUT2D eigenvalue weighted by molar-refractivity contribution is -0.134. The van der Waals surface area contributed by atoms with E-state index >= 15 is 0 Å². The van der Waals surface area contributed by atoms with Crippen LogP contribution in [0.2, 0.25) is 0 Å². The Balaban J connectivity index is 2.36. The summed E-state index contributed by atoms with van der Waals surface area (Å²) in [4.78, 5) is 11.9. The van der Waals surface area contributed by atoms with Crippen molar-refractivity contribution in [2.75, 3.05) is 20.8 Å². The Labute approximate surface area is 85.8 Å². The van der Waals surface area contributed by atoms with Crippen LogP contribution in [0.15, 0.2) is 0 Å². The maximum atomic E-state index is 11.9. The fourth-order valence-electron chi connectivity index (χ4n) is 1.66. The van der Waals surface area contributed by atoms with Gasteiger partial charge in [-0.05, 0) is 25.2 Å². The van der Waals surface area contributed by atoms with E-state index in [1.807, 2.05) is 6.92 Å². The van der Waals surface area contributed by atoms with E-state index in [0.717, 1.165) is 19.3 Å². The summed E-state index contributed by atoms with van der Waals surface area (Å²) < 4.78 is 10.2. The summed E-state index contributed by atoms with van der Waals surface area (Å²) in [6, 6.07) is 0. The van der Waals surface area contributed by atoms with Crippen LogP contribution in [0.3, 0.4) is 0 Å². The van der Waals surface area contributed by atoms with Crippen LogP contribution in [0, 0.1) is 11.8 Å². The zero-order valence-electron chi connectivity index (χ0n) is 9.29. The first-order chi connectivity index (χ1) is 6.70. The van der Waals surface area contributed by atoms with E-state index in [9.17, 15) is 4.79 Å². The van der Waals surface area contributed by atoms with Crippen molar-refractivity contribution < 1.29 is 14.3 Å². The van der Waals surface area contributed by atoms with Gasteiger partial charge in [0.25, 0.3) is 0 Å². The first-order valence-corrected chi connectivity index (χ1v) is 5.26. The minimum atomic E-state index is -0.165. The van der Waals surface area contributed by atoms with Crippen LogP contribution in [0.5, 0.6) is 0 Å². The highest BCUT2D eigenvalue weighted by Crippen LogP contribution is 2.35. The van der Waals surface area contributed by atoms with Gasteiger partial charge in [-0.2, -0.15) is 0 Å². The molecule has 1 saturated carbocycles. The van der Waals surface area contributed by atoms with E-state index in [4.69, 9.17) is 9.47 Å². The number of carbonyl (C=O) groups is 1. The Kier molecular flexibility index (Phi) is 4.55. The molecule has 14 heavy (non-hydrogen) atoms. The molecule has 2 atom stereocenters. The molecule has 0 aromatic carbocycles. The zero-order valence-corrected chi connectivity index (χ0v) is 9.29. The second kappa shape index (κ2) is 5.47. The van der Waals surface area contributed by atoms with Crippen molar-refractivity contribution in [1.29, 1.82) is 0 Å². The molecule has 0 amide bonds. The highest BCUT2D eigenvalue weighted by Gasteiger charge is 2.37. The molecule has 3 heteroatoms. The SMILES string of the molecule is COCCC(C)C(=O)C(OC)C1CC1. The number of hydrogen-bond donors (Lipinski definition) is 0. The van der Waals surface area contributed by atoms with Crippen molar-refractivity contribution in [2.24, 2.45) is 11.8 Å². The Morgan fingerprint density at radius 1 is 1.43 bits per heavy atom. The van der Waals surface area contributed by atoms with Gasteiger partial charge in [0.1, 0.15) is 6.10 Å². The molecule has 2 unspecified atom stereocenters. The second-order valence-corrected chi connectivity index (χ2v) is 4.08. The molecule has 0 radical (unpaired) electrons. The van der Waals surface area contributed by atoms with Crippen molar-refractivity contribution in [2.45, 2.75) is 32.3 Å². The van der Waals surface area contributed by atoms with E-state index < -0.39 is 0 Å². The highest BCUT2D eigenvalue weighted by atomic mass is 16.5. The van der Waals surface area contributed by atoms with E-state index in [1.54, 1.807) is 14.2 Å². The quantitative estimate of drug-likeness (QED) is 0.627. The third-order valence-electron chi connectivity index (χ3n) is 2.83. The van der Waals surface area contributed by atoms with Gasteiger partial charge in [-0.1, -0.05) is 6.92 Å². The van der Waals surface area contributed by atoms with Crippen molar-refractivity contribution in [3.8, 4) is 0 Å². The maximum Gasteiger partial charge on any atom is 0.164 e. The summed E-state index contributed by atoms with van der Waals surface area (Å²) in [7, 11) is 3.29. The summed E-state index contributed by atoms with van der Waals surface area (Å²) >= 11 is 0. The molecule has 0 saturated heterocycles. The van der Waals surface area contributed by atoms with Crippen LogP contribution >= 0.6 is 0 Å². The van der Waals surface area contributed by atoms with Gasteiger partial charge in [-0.15, -0.1) is 0 Å². The normalized spacial score (nSPS) is 20.5. The molecule has 0 aliphatic heterocycles. The van der Waals surface area contributed by atoms with Crippen LogP contribution in [0.25, 0.3) is 0 Å². The van der Waals surface area contributed by atoms with Crippen molar-refractivity contribution in [3.63, 3.8) is 0 Å². The number of carbonyl (C=O) groups excluding carboxylic acids is 1. The first kappa shape index (κ1) is 11.7. The van der Waals surface area contributed by atoms with Crippen molar-refractivity contribution >= 4 is 5.78 Å². The largest absolute Gasteiger partial charge is 0.385 e. The molecule has 1 aliphatic rings. The van der Waals surface area contributed by atoms with Crippen molar-refractivity contribution in [1.82, 2.24) is 0 Å². The number of hydrogen-bond acceptors (Lipinski definition) is 3. The highest BCUT2D eigenvalue weighted by molar-refractivity contribution is 5.85. The van der Waals surface area contributed by atoms with E-state index in [-0.39, 0.29) is 17.8 Å². The van der Waals surface area contributed by atoms with Gasteiger partial charge in [0.05, 0.1) is 0 Å². The van der Waals surface area contributed by atoms with Crippen LogP contribution < -0.4 is 0 Å². The summed E-state index contributed by atoms with van der Waals surface area (Å²) in [5.41, 5.74) is 0. The topological polar surface area (TPSA) is 35.5 Å². The second-order valence-electron chi connectivity index (χ2n) is 4.08. The Morgan fingerprint density at radius 2 is 2.07 bits per heavy atom. The third-order valence-corrected chi connectivity index (χ3v) is 2.83. The molecule has 1 rings (SSSR count). The van der Waals surface area contributed by atoms with E-state index in [2.05, 4.69) is 0 Å². The number of rotatable bonds is 7. The van der Waals surface area contributed by atoms with Gasteiger partial charge in [0, 0.05) is 26.7 Å². The van der Waals surface area contributed by atoms with E-state index in [1.165, 1.54) is 0 Å². The van der Waals surface area contributed by atoms with Gasteiger partial charge in [0.15, 0.2) is 5.78 Å². The molecule has 0 aromatic heterocycles. The molecular formula is C11H20O3. The summed E-state index contributed by atoms with van der Waals surface area (Å²) in [5.74, 6) is 0.782. The average molecular weight is 200 g/mol. The molecule has 1 fully saturated rings. The van der Waals surface area contributed by atoms with Gasteiger partial charge in [-0.25, -0.2) is 0 Å². The number of methoxy groups -OCH3 is 2. The predicted molar refractivity (Wildman–Crippen MR) is 54.2 cm³/mol. The molecule has 1 aliphatic carbocycles. The molecule has 0 aromatic rings. The first-order valence-electron chi connectivity index (χ1n) is 5.26. The molecule has 0 spiro atoms. The van der Waals surface area contributed by atoms with Crippen molar-refractivity contribution in [3.05, 3.63) is 0 Å². The lowest BCUT2D eigenvalue weighted by Crippen LogP contribution is -2.30. The van der Waals surface area contributed by atoms with Crippen LogP contribution in [0.4, 0.5) is 0 Å². The zero-order chi connectivity index (χ0) is 10.6. The third kappa shape index (κ3) is 3.07. The van der Waals surface area contributed by atoms with Crippen LogP contribution in [0.1, 0.15) is 26.2 Å². The molecule has 0 heterocycles. The Hall–Kier alpha value is -0.410. The molecule has 0 N–H and O–H groups in total. The minimum absolute atomic E-state index is 0.0560. The predicted octanol–water partition coefficient (Wildman–Crippen LogP) is 1.65. The minimum Gasteiger partial charge on any atom is -0.385 e. The standard InChI is InChI=1S/C11H20O3/c1-8(6-7-13-2)10(12)11(14-3)9-4-5-9/h8-9,11H,4-7H2,1-3H3. The Bertz CT molecular complexity index is 187. The van der Waals surface area contributed by atoms with Crippen LogP contribution in [-0.2, 0) is 14.3 Å². The van der Waals surface area contributed by atoms with E-state index in [0.29, 0.717) is 12.5 Å². The Morgan fingerprint density at radius 3 is 2.50 bits per heavy atom. The average Bonchev–Trinajstić information content (AvgIpc) is 2.99. The number of ether oxygens (including phenoxy) is 2. The molecule has 3 nitrogen and oxygen atoms in total. The molecule has 82 valence electrons. The fourth-order valence-corrected chi connectivity index (χ4v) is 1.66. The lowest BCUT2D eigenvalue weighted by atomic mass is 9.96. The molecular weight excluding hydrogens is 180 g/mol. The van der Waals surface area contributed by atoms with Gasteiger partial charge >= 0.3 is 0 Å².